The minimum atomic E-state index is -1.71. The van der Waals surface area contributed by atoms with Gasteiger partial charge in [-0.25, -0.2) is 0 Å². The number of fused-ring (bicyclic) bond motifs is 1. The van der Waals surface area contributed by atoms with Gasteiger partial charge in [-0.05, 0) is 6.07 Å². The molecule has 2 aliphatic rings. The molecule has 37 heavy (non-hydrogen) atoms. The first-order chi connectivity index (χ1) is 17.4. The largest absolute Gasteiger partial charge is 0.507 e. The molecule has 1 aliphatic carbocycles. The summed E-state index contributed by atoms with van der Waals surface area (Å²) in [7, 11) is 0. The lowest BCUT2D eigenvalue weighted by molar-refractivity contribution is -0.298. The molecule has 1 N–H and O–H groups in total. The molecule has 0 unspecified atom stereocenters. The highest BCUT2D eigenvalue weighted by atomic mass is 16.7. The van der Waals surface area contributed by atoms with Crippen LogP contribution >= 0.6 is 0 Å². The van der Waals surface area contributed by atoms with Gasteiger partial charge in [0.25, 0.3) is 0 Å². The molecular weight excluding hydrogens is 496 g/mol. The molecule has 1 aromatic carbocycles. The Hall–Kier alpha value is -4.26. The second-order valence-corrected chi connectivity index (χ2v) is 8.09. The molecule has 0 saturated carbocycles. The lowest BCUT2D eigenvalue weighted by Crippen LogP contribution is -2.63. The molecule has 0 amide bonds. The lowest BCUT2D eigenvalue weighted by Gasteiger charge is -2.44. The Bertz CT molecular complexity index is 1170. The SMILES string of the molecule is CC(=O)OC[C@@H]1O[C@@H](OC2=CC(=O)c3cccc(O)c3C2=O)[C@@H](OC(C)=O)[C@@H](OC(C)=O)[C@@H]1OC(C)=O. The van der Waals surface area contributed by atoms with E-state index in [-0.39, 0.29) is 11.1 Å². The number of esters is 4. The van der Waals surface area contributed by atoms with Crippen LogP contribution in [0.4, 0.5) is 0 Å². The standard InChI is InChI=1S/C24H24O13/c1-10(25)32-9-18-21(33-11(2)26)22(34-12(3)27)23(35-13(4)28)24(37-18)36-17-8-16(30)14-6-5-7-15(29)19(14)20(17)31/h5-8,18,21-24,29H,9H2,1-4H3/t18-,21+,22-,23-,24+/m0/s1. The summed E-state index contributed by atoms with van der Waals surface area (Å²) in [6.45, 7) is 3.76. The number of ketones is 2. The van der Waals surface area contributed by atoms with E-state index in [1.54, 1.807) is 0 Å². The maximum absolute atomic E-state index is 13.1. The number of phenols is 1. The fourth-order valence-electron chi connectivity index (χ4n) is 3.87. The van der Waals surface area contributed by atoms with Gasteiger partial charge in [-0.2, -0.15) is 0 Å². The van der Waals surface area contributed by atoms with E-state index in [1.807, 2.05) is 0 Å². The molecule has 0 spiro atoms. The average Bonchev–Trinajstić information content (AvgIpc) is 2.78. The second kappa shape index (κ2) is 11.2. The number of carbonyl (C=O) groups is 6. The topological polar surface area (TPSA) is 178 Å². The summed E-state index contributed by atoms with van der Waals surface area (Å²) in [6.07, 6.45) is -6.72. The zero-order valence-electron chi connectivity index (χ0n) is 20.2. The molecule has 1 saturated heterocycles. The number of allylic oxidation sites excluding steroid dienone is 2. The van der Waals surface area contributed by atoms with Crippen molar-refractivity contribution in [3.8, 4) is 5.75 Å². The molecule has 0 aromatic heterocycles. The summed E-state index contributed by atoms with van der Waals surface area (Å²) in [5.74, 6) is -5.83. The Labute approximate surface area is 210 Å². The van der Waals surface area contributed by atoms with Crippen LogP contribution in [0.1, 0.15) is 48.4 Å². The Morgan fingerprint density at radius 2 is 1.46 bits per heavy atom. The zero-order valence-corrected chi connectivity index (χ0v) is 20.2. The summed E-state index contributed by atoms with van der Waals surface area (Å²) in [6, 6.07) is 3.94. The van der Waals surface area contributed by atoms with Gasteiger partial charge in [0.2, 0.25) is 18.2 Å². The van der Waals surface area contributed by atoms with Crippen LogP contribution in [0.5, 0.6) is 5.75 Å². The average molecular weight is 520 g/mol. The van der Waals surface area contributed by atoms with Crippen molar-refractivity contribution >= 4 is 35.4 Å². The first-order valence-electron chi connectivity index (χ1n) is 11.0. The summed E-state index contributed by atoms with van der Waals surface area (Å²) in [5, 5.41) is 10.2. The van der Waals surface area contributed by atoms with Gasteiger partial charge in [0.1, 0.15) is 18.5 Å². The van der Waals surface area contributed by atoms with Crippen molar-refractivity contribution in [1.29, 1.82) is 0 Å². The summed E-state index contributed by atoms with van der Waals surface area (Å²) in [4.78, 5) is 72.7. The number of benzene rings is 1. The quantitative estimate of drug-likeness (QED) is 0.394. The van der Waals surface area contributed by atoms with Crippen LogP contribution in [0.3, 0.4) is 0 Å². The zero-order chi connectivity index (χ0) is 27.4. The lowest BCUT2D eigenvalue weighted by atomic mass is 9.92. The van der Waals surface area contributed by atoms with Gasteiger partial charge in [-0.3, -0.25) is 28.8 Å². The van der Waals surface area contributed by atoms with Crippen LogP contribution in [0.15, 0.2) is 30.0 Å². The van der Waals surface area contributed by atoms with Crippen LogP contribution in [-0.4, -0.2) is 77.9 Å². The number of Topliss-reactive ketones (excluding diaryl/α,β-unsaturated/α-hetero) is 1. The predicted octanol–water partition coefficient (Wildman–Crippen LogP) is 0.755. The summed E-state index contributed by atoms with van der Waals surface area (Å²) >= 11 is 0. The fraction of sp³-hybridized carbons (Fsp3) is 0.417. The van der Waals surface area contributed by atoms with Crippen molar-refractivity contribution in [1.82, 2.24) is 0 Å². The summed E-state index contributed by atoms with van der Waals surface area (Å²) in [5.41, 5.74) is -0.366. The minimum Gasteiger partial charge on any atom is -0.507 e. The smallest absolute Gasteiger partial charge is 0.303 e. The van der Waals surface area contributed by atoms with E-state index in [0.29, 0.717) is 0 Å². The van der Waals surface area contributed by atoms with Gasteiger partial charge in [-0.1, -0.05) is 12.1 Å². The molecule has 0 radical (unpaired) electrons. The Kier molecular flexibility index (Phi) is 8.28. The van der Waals surface area contributed by atoms with Crippen LogP contribution in [0, 0.1) is 0 Å². The van der Waals surface area contributed by atoms with Gasteiger partial charge in [0, 0.05) is 39.3 Å². The van der Waals surface area contributed by atoms with Crippen molar-refractivity contribution < 1.29 is 62.3 Å². The van der Waals surface area contributed by atoms with Gasteiger partial charge >= 0.3 is 23.9 Å². The number of phenolic OH excluding ortho intramolecular Hbond substituents is 1. The third kappa shape index (κ3) is 6.30. The number of carbonyl (C=O) groups excluding carboxylic acids is 6. The molecule has 13 heteroatoms. The normalized spacial score (nSPS) is 24.8. The molecule has 5 atom stereocenters. The minimum absolute atomic E-state index is 0.0566. The van der Waals surface area contributed by atoms with E-state index in [0.717, 1.165) is 33.8 Å². The van der Waals surface area contributed by atoms with Gasteiger partial charge in [-0.15, -0.1) is 0 Å². The Morgan fingerprint density at radius 3 is 2.05 bits per heavy atom. The monoisotopic (exact) mass is 520 g/mol. The van der Waals surface area contributed by atoms with Gasteiger partial charge in [0.15, 0.2) is 23.8 Å². The highest BCUT2D eigenvalue weighted by Crippen LogP contribution is 2.34. The molecule has 198 valence electrons. The maximum Gasteiger partial charge on any atom is 0.303 e. The highest BCUT2D eigenvalue weighted by Gasteiger charge is 2.54. The maximum atomic E-state index is 13.1. The molecular formula is C24H24O13. The summed E-state index contributed by atoms with van der Waals surface area (Å²) < 4.78 is 32.2. The third-order valence-corrected chi connectivity index (χ3v) is 5.21. The number of aromatic hydroxyl groups is 1. The molecule has 0 bridgehead atoms. The third-order valence-electron chi connectivity index (χ3n) is 5.21. The second-order valence-electron chi connectivity index (χ2n) is 8.09. The first-order valence-corrected chi connectivity index (χ1v) is 11.0. The van der Waals surface area contributed by atoms with E-state index >= 15 is 0 Å². The van der Waals surface area contributed by atoms with Crippen LogP contribution < -0.4 is 0 Å². The molecule has 1 fully saturated rings. The molecule has 1 heterocycles. The number of hydrogen-bond donors (Lipinski definition) is 1. The molecule has 3 rings (SSSR count). The van der Waals surface area contributed by atoms with E-state index < -0.39 is 84.3 Å². The predicted molar refractivity (Wildman–Crippen MR) is 118 cm³/mol. The number of hydrogen-bond acceptors (Lipinski definition) is 13. The Morgan fingerprint density at radius 1 is 0.865 bits per heavy atom. The highest BCUT2D eigenvalue weighted by molar-refractivity contribution is 6.24. The van der Waals surface area contributed by atoms with Crippen molar-refractivity contribution in [2.75, 3.05) is 6.61 Å². The Balaban J connectivity index is 2.03. The number of rotatable bonds is 7. The van der Waals surface area contributed by atoms with E-state index in [1.165, 1.54) is 18.2 Å². The van der Waals surface area contributed by atoms with Crippen molar-refractivity contribution in [3.05, 3.63) is 41.2 Å². The van der Waals surface area contributed by atoms with E-state index in [4.69, 9.17) is 28.4 Å². The molecule has 1 aliphatic heterocycles. The van der Waals surface area contributed by atoms with Crippen LogP contribution in [-0.2, 0) is 47.6 Å². The molecule has 13 nitrogen and oxygen atoms in total. The first kappa shape index (κ1) is 27.3. The van der Waals surface area contributed by atoms with E-state index in [9.17, 15) is 33.9 Å². The van der Waals surface area contributed by atoms with Crippen molar-refractivity contribution in [2.24, 2.45) is 0 Å². The van der Waals surface area contributed by atoms with Crippen molar-refractivity contribution in [3.63, 3.8) is 0 Å². The van der Waals surface area contributed by atoms with Gasteiger partial charge < -0.3 is 33.5 Å². The van der Waals surface area contributed by atoms with Crippen LogP contribution in [0.2, 0.25) is 0 Å². The van der Waals surface area contributed by atoms with Crippen molar-refractivity contribution in [2.45, 2.75) is 58.4 Å². The molecule has 1 aromatic rings. The fourth-order valence-corrected chi connectivity index (χ4v) is 3.87. The van der Waals surface area contributed by atoms with E-state index in [2.05, 4.69) is 0 Å². The number of ether oxygens (including phenoxy) is 6. The van der Waals surface area contributed by atoms with Gasteiger partial charge in [0.05, 0.1) is 5.56 Å². The van der Waals surface area contributed by atoms with Crippen LogP contribution in [0.25, 0.3) is 0 Å².